The van der Waals surface area contributed by atoms with Gasteiger partial charge in [-0.25, -0.2) is 14.4 Å². The van der Waals surface area contributed by atoms with E-state index in [1.54, 1.807) is 6.92 Å². The lowest BCUT2D eigenvalue weighted by Crippen LogP contribution is -1.77. The number of nitrogens with zero attached hydrogens (tertiary/aromatic N) is 3. The first-order chi connectivity index (χ1) is 7.72. The fourth-order valence-electron chi connectivity index (χ4n) is 1.12. The number of carbonyl (C=O) groups excluding carboxylic acids is 3. The molecular formula is C11H9N3O3. The first-order valence-electron chi connectivity index (χ1n) is 4.11. The van der Waals surface area contributed by atoms with E-state index >= 15 is 0 Å². The summed E-state index contributed by atoms with van der Waals surface area (Å²) < 4.78 is 0. The number of hydrogen-bond acceptors (Lipinski definition) is 6. The van der Waals surface area contributed by atoms with Crippen LogP contribution in [0, 0.1) is 6.92 Å². The summed E-state index contributed by atoms with van der Waals surface area (Å²) in [4.78, 5) is 40.6. The zero-order chi connectivity index (χ0) is 12.0. The molecule has 1 aromatic rings. The average Bonchev–Trinajstić information content (AvgIpc) is 2.26. The van der Waals surface area contributed by atoms with Gasteiger partial charge in [-0.05, 0) is 19.1 Å². The Labute approximate surface area is 97.4 Å². The van der Waals surface area contributed by atoms with Crippen LogP contribution < -0.4 is 0 Å². The smallest absolute Gasteiger partial charge is 0.211 e. The molecule has 17 heavy (non-hydrogen) atoms. The maximum Gasteiger partial charge on any atom is 0.240 e. The molecule has 0 N–H and O–H groups in total. The van der Waals surface area contributed by atoms with Crippen molar-refractivity contribution in [1.82, 2.24) is 0 Å². The standard InChI is InChI=1S/C10H5N3O3.CH4/c1-7-9(12-5-15)2-8(11-4-14)3-10(7)13-6-16;/h2-3H,1H3;1H4. The molecule has 0 amide bonds. The topological polar surface area (TPSA) is 88.3 Å². The van der Waals surface area contributed by atoms with Crippen molar-refractivity contribution in [3.8, 4) is 0 Å². The summed E-state index contributed by atoms with van der Waals surface area (Å²) in [7, 11) is 0. The lowest BCUT2D eigenvalue weighted by molar-refractivity contribution is 0.565. The maximum absolute atomic E-state index is 10.2. The highest BCUT2D eigenvalue weighted by Crippen LogP contribution is 2.33. The van der Waals surface area contributed by atoms with Crippen LogP contribution in [-0.2, 0) is 14.4 Å². The fraction of sp³-hybridized carbons (Fsp3) is 0.182. The van der Waals surface area contributed by atoms with Crippen LogP contribution in [0.5, 0.6) is 0 Å². The van der Waals surface area contributed by atoms with Gasteiger partial charge in [-0.3, -0.25) is 0 Å². The van der Waals surface area contributed by atoms with Crippen molar-refractivity contribution in [3.63, 3.8) is 0 Å². The van der Waals surface area contributed by atoms with Gasteiger partial charge < -0.3 is 0 Å². The van der Waals surface area contributed by atoms with Crippen molar-refractivity contribution in [3.05, 3.63) is 17.7 Å². The molecule has 0 spiro atoms. The predicted octanol–water partition coefficient (Wildman–Crippen LogP) is 2.53. The molecule has 0 atom stereocenters. The van der Waals surface area contributed by atoms with Crippen molar-refractivity contribution < 1.29 is 14.4 Å². The van der Waals surface area contributed by atoms with Crippen LogP contribution in [0.15, 0.2) is 27.1 Å². The van der Waals surface area contributed by atoms with E-state index in [1.165, 1.54) is 30.4 Å². The molecule has 6 nitrogen and oxygen atoms in total. The Morgan fingerprint density at radius 1 is 0.882 bits per heavy atom. The van der Waals surface area contributed by atoms with Gasteiger partial charge >= 0.3 is 0 Å². The molecular weight excluding hydrogens is 222 g/mol. The molecule has 6 heteroatoms. The van der Waals surface area contributed by atoms with E-state index in [4.69, 9.17) is 0 Å². The van der Waals surface area contributed by atoms with Gasteiger partial charge in [0, 0.05) is 5.56 Å². The lowest BCUT2D eigenvalue weighted by Gasteiger charge is -2.02. The highest BCUT2D eigenvalue weighted by atomic mass is 16.1. The van der Waals surface area contributed by atoms with Crippen molar-refractivity contribution in [2.45, 2.75) is 14.4 Å². The van der Waals surface area contributed by atoms with E-state index in [1.807, 2.05) is 0 Å². The van der Waals surface area contributed by atoms with Crippen LogP contribution in [0.2, 0.25) is 0 Å². The van der Waals surface area contributed by atoms with Crippen molar-refractivity contribution >= 4 is 35.3 Å². The van der Waals surface area contributed by atoms with E-state index in [-0.39, 0.29) is 24.5 Å². The van der Waals surface area contributed by atoms with Gasteiger partial charge in [0.25, 0.3) is 0 Å². The van der Waals surface area contributed by atoms with E-state index in [0.717, 1.165) is 0 Å². The van der Waals surface area contributed by atoms with Crippen LogP contribution in [0.3, 0.4) is 0 Å². The number of rotatable bonds is 3. The molecule has 0 aliphatic carbocycles. The second-order valence-corrected chi connectivity index (χ2v) is 2.72. The molecule has 86 valence electrons. The second kappa shape index (κ2) is 6.77. The molecule has 0 aromatic heterocycles. The normalized spacial score (nSPS) is 7.82. The number of benzene rings is 1. The molecule has 0 unspecified atom stereocenters. The third kappa shape index (κ3) is 3.45. The second-order valence-electron chi connectivity index (χ2n) is 2.72. The molecule has 0 bridgehead atoms. The van der Waals surface area contributed by atoms with Crippen molar-refractivity contribution in [2.75, 3.05) is 0 Å². The summed E-state index contributed by atoms with van der Waals surface area (Å²) in [6, 6.07) is 2.77. The number of isocyanates is 3. The Balaban J connectivity index is 0.00000256. The molecule has 0 saturated heterocycles. The lowest BCUT2D eigenvalue weighted by atomic mass is 10.1. The summed E-state index contributed by atoms with van der Waals surface area (Å²) in [5.41, 5.74) is 1.17. The molecule has 0 saturated carbocycles. The first kappa shape index (κ1) is 14.4. The van der Waals surface area contributed by atoms with Crippen molar-refractivity contribution in [2.24, 2.45) is 15.0 Å². The highest BCUT2D eigenvalue weighted by molar-refractivity contribution is 5.71. The molecule has 1 aromatic carbocycles. The van der Waals surface area contributed by atoms with Gasteiger partial charge in [-0.1, -0.05) is 7.43 Å². The minimum absolute atomic E-state index is 0. The molecule has 0 radical (unpaired) electrons. The van der Waals surface area contributed by atoms with Gasteiger partial charge in [0.2, 0.25) is 18.2 Å². The van der Waals surface area contributed by atoms with E-state index in [0.29, 0.717) is 5.56 Å². The minimum atomic E-state index is 0. The summed E-state index contributed by atoms with van der Waals surface area (Å²) in [5.74, 6) is 0. The van der Waals surface area contributed by atoms with Crippen LogP contribution in [0.4, 0.5) is 17.1 Å². The average molecular weight is 231 g/mol. The van der Waals surface area contributed by atoms with Gasteiger partial charge in [0.05, 0.1) is 17.1 Å². The van der Waals surface area contributed by atoms with E-state index < -0.39 is 0 Å². The Bertz CT molecular complexity index is 522. The molecule has 1 rings (SSSR count). The summed E-state index contributed by atoms with van der Waals surface area (Å²) >= 11 is 0. The molecule has 0 aliphatic heterocycles. The van der Waals surface area contributed by atoms with Crippen LogP contribution in [0.1, 0.15) is 13.0 Å². The molecule has 0 heterocycles. The minimum Gasteiger partial charge on any atom is -0.211 e. The SMILES string of the molecule is C.Cc1c(N=C=O)cc(N=C=O)cc1N=C=O. The summed E-state index contributed by atoms with van der Waals surface area (Å²) in [6.07, 6.45) is 4.05. The quantitative estimate of drug-likeness (QED) is 0.591. The zero-order valence-electron chi connectivity index (χ0n) is 8.22. The first-order valence-corrected chi connectivity index (χ1v) is 4.11. The highest BCUT2D eigenvalue weighted by Gasteiger charge is 2.06. The molecule has 0 aliphatic rings. The summed E-state index contributed by atoms with van der Waals surface area (Å²) in [5, 5.41) is 0. The Kier molecular flexibility index (Phi) is 5.72. The number of aliphatic imine (C=N–C) groups is 3. The van der Waals surface area contributed by atoms with E-state index in [2.05, 4.69) is 15.0 Å². The van der Waals surface area contributed by atoms with Gasteiger partial charge in [-0.2, -0.15) is 15.0 Å². The van der Waals surface area contributed by atoms with Crippen molar-refractivity contribution in [1.29, 1.82) is 0 Å². The van der Waals surface area contributed by atoms with Crippen LogP contribution >= 0.6 is 0 Å². The van der Waals surface area contributed by atoms with Gasteiger partial charge in [0.15, 0.2) is 0 Å². The number of hydrogen-bond donors (Lipinski definition) is 0. The van der Waals surface area contributed by atoms with Gasteiger partial charge in [-0.15, -0.1) is 0 Å². The predicted molar refractivity (Wildman–Crippen MR) is 61.3 cm³/mol. The van der Waals surface area contributed by atoms with E-state index in [9.17, 15) is 14.4 Å². The Morgan fingerprint density at radius 2 is 1.29 bits per heavy atom. The fourth-order valence-corrected chi connectivity index (χ4v) is 1.12. The zero-order valence-corrected chi connectivity index (χ0v) is 8.22. The maximum atomic E-state index is 10.2. The summed E-state index contributed by atoms with van der Waals surface area (Å²) in [6.45, 7) is 1.61. The Hall–Kier alpha value is -2.64. The third-order valence-corrected chi connectivity index (χ3v) is 1.84. The largest absolute Gasteiger partial charge is 0.240 e. The molecule has 0 fully saturated rings. The third-order valence-electron chi connectivity index (χ3n) is 1.84. The van der Waals surface area contributed by atoms with Crippen LogP contribution in [-0.4, -0.2) is 18.2 Å². The van der Waals surface area contributed by atoms with Gasteiger partial charge in [0.1, 0.15) is 0 Å². The monoisotopic (exact) mass is 231 g/mol. The van der Waals surface area contributed by atoms with Crippen LogP contribution in [0.25, 0.3) is 0 Å². The Morgan fingerprint density at radius 3 is 1.65 bits per heavy atom.